The van der Waals surface area contributed by atoms with Crippen molar-refractivity contribution in [2.24, 2.45) is 0 Å². The Morgan fingerprint density at radius 1 is 0.360 bits per heavy atom. The van der Waals surface area contributed by atoms with Gasteiger partial charge in [-0.2, -0.15) is 0 Å². The van der Waals surface area contributed by atoms with Gasteiger partial charge in [-0.3, -0.25) is 18.6 Å². The molecule has 0 fully saturated rings. The first kappa shape index (κ1) is 85.4. The van der Waals surface area contributed by atoms with Crippen molar-refractivity contribution in [3.05, 3.63) is 122 Å². The van der Waals surface area contributed by atoms with Crippen molar-refractivity contribution in [2.75, 3.05) is 47.5 Å². The molecular weight excluding hydrogens is 1120 g/mol. The normalized spacial score (nSPS) is 13.8. The minimum Gasteiger partial charge on any atom is -0.462 e. The van der Waals surface area contributed by atoms with Gasteiger partial charge in [0.1, 0.15) is 19.8 Å². The lowest BCUT2D eigenvalue weighted by Gasteiger charge is -2.24. The van der Waals surface area contributed by atoms with E-state index in [-0.39, 0.29) is 32.0 Å². The second kappa shape index (κ2) is 68.8. The minimum atomic E-state index is -4.40. The van der Waals surface area contributed by atoms with Crippen LogP contribution in [0.25, 0.3) is 0 Å². The van der Waals surface area contributed by atoms with E-state index in [1.807, 2.05) is 21.1 Å². The van der Waals surface area contributed by atoms with Crippen molar-refractivity contribution >= 4 is 19.8 Å². The molecule has 0 aromatic carbocycles. The zero-order valence-corrected chi connectivity index (χ0v) is 59.3. The van der Waals surface area contributed by atoms with E-state index >= 15 is 0 Å². The molecule has 0 heterocycles. The second-order valence-corrected chi connectivity index (χ2v) is 27.1. The van der Waals surface area contributed by atoms with E-state index in [0.717, 1.165) is 109 Å². The third kappa shape index (κ3) is 73.3. The average molecular weight is 1260 g/mol. The topological polar surface area (TPSA) is 108 Å². The molecule has 0 radical (unpaired) electrons. The number of likely N-dealkylation sites (N-methyl/N-ethyl adjacent to an activating group) is 1. The van der Waals surface area contributed by atoms with Gasteiger partial charge in [0, 0.05) is 12.8 Å². The number of rotatable bonds is 67. The molecule has 9 nitrogen and oxygen atoms in total. The number of esters is 2. The van der Waals surface area contributed by atoms with Crippen LogP contribution in [0.1, 0.15) is 316 Å². The summed E-state index contributed by atoms with van der Waals surface area (Å²) in [5.74, 6) is -0.800. The second-order valence-electron chi connectivity index (χ2n) is 25.6. The SMILES string of the molecule is CC/C=C\C/C=C\C/C=C\C/C=C\C/C=C\C/C=C\C/C=C\C/C=C\C/C=C\C/C=C\CCCCCCCCCCC(=O)OC(COC(=O)CCCCCCCCCCCCCCCCCCCCCCCCCCCC)COP(=O)(O)OCC[N+](C)(C)C. The Kier molecular flexibility index (Phi) is 66.0. The molecule has 0 rings (SSSR count). The van der Waals surface area contributed by atoms with Crippen molar-refractivity contribution in [1.29, 1.82) is 0 Å². The summed E-state index contributed by atoms with van der Waals surface area (Å²) in [4.78, 5) is 35.9. The Labute approximate surface area is 549 Å². The number of nitrogens with zero attached hydrogens (tertiary/aromatic N) is 1. The summed E-state index contributed by atoms with van der Waals surface area (Å²) in [6.45, 7) is 4.34. The summed E-state index contributed by atoms with van der Waals surface area (Å²) in [5, 5.41) is 0. The molecule has 0 aliphatic heterocycles. The van der Waals surface area contributed by atoms with Crippen molar-refractivity contribution in [3.63, 3.8) is 0 Å². The molecule has 1 N–H and O–H groups in total. The molecule has 0 aliphatic carbocycles. The fourth-order valence-corrected chi connectivity index (χ4v) is 10.9. The van der Waals surface area contributed by atoms with Crippen molar-refractivity contribution in [3.8, 4) is 0 Å². The fourth-order valence-electron chi connectivity index (χ4n) is 10.2. The van der Waals surface area contributed by atoms with Crippen molar-refractivity contribution in [1.82, 2.24) is 0 Å². The molecule has 0 spiro atoms. The van der Waals surface area contributed by atoms with E-state index in [9.17, 15) is 19.0 Å². The first-order valence-corrected chi connectivity index (χ1v) is 38.3. The van der Waals surface area contributed by atoms with Crippen LogP contribution in [-0.4, -0.2) is 74.9 Å². The van der Waals surface area contributed by atoms with E-state index < -0.39 is 26.5 Å². The van der Waals surface area contributed by atoms with E-state index in [1.54, 1.807) is 0 Å². The van der Waals surface area contributed by atoms with Gasteiger partial charge in [0.2, 0.25) is 0 Å². The van der Waals surface area contributed by atoms with E-state index in [4.69, 9.17) is 18.5 Å². The first-order chi connectivity index (χ1) is 43.5. The summed E-state index contributed by atoms with van der Waals surface area (Å²) in [6, 6.07) is 0. The Morgan fingerprint density at radius 2 is 0.640 bits per heavy atom. The molecule has 2 unspecified atom stereocenters. The first-order valence-electron chi connectivity index (χ1n) is 36.8. The lowest BCUT2D eigenvalue weighted by molar-refractivity contribution is -0.870. The van der Waals surface area contributed by atoms with Crippen LogP contribution in [0.4, 0.5) is 0 Å². The van der Waals surface area contributed by atoms with E-state index in [2.05, 4.69) is 135 Å². The average Bonchev–Trinajstić information content (AvgIpc) is 3.60. The van der Waals surface area contributed by atoms with Crippen LogP contribution < -0.4 is 0 Å². The number of phosphoric ester groups is 1. The van der Waals surface area contributed by atoms with Gasteiger partial charge in [-0.15, -0.1) is 0 Å². The molecule has 0 aromatic rings. The summed E-state index contributed by atoms with van der Waals surface area (Å²) in [7, 11) is 1.47. The third-order valence-electron chi connectivity index (χ3n) is 15.8. The molecule has 0 saturated carbocycles. The highest BCUT2D eigenvalue weighted by Gasteiger charge is 2.27. The quantitative estimate of drug-likeness (QED) is 0.0211. The van der Waals surface area contributed by atoms with Crippen molar-refractivity contribution < 1.29 is 42.1 Å². The number of carbonyl (C=O) groups is 2. The predicted octanol–water partition coefficient (Wildman–Crippen LogP) is 24.2. The van der Waals surface area contributed by atoms with Gasteiger partial charge in [0.05, 0.1) is 27.7 Å². The van der Waals surface area contributed by atoms with Gasteiger partial charge in [-0.1, -0.05) is 334 Å². The number of hydrogen-bond donors (Lipinski definition) is 1. The Morgan fingerprint density at radius 3 is 0.955 bits per heavy atom. The predicted molar refractivity (Wildman–Crippen MR) is 385 cm³/mol. The Hall–Kier alpha value is -3.59. The highest BCUT2D eigenvalue weighted by Crippen LogP contribution is 2.43. The minimum absolute atomic E-state index is 0.0263. The Bertz CT molecular complexity index is 1920. The van der Waals surface area contributed by atoms with Crippen LogP contribution >= 0.6 is 7.82 Å². The maximum absolute atomic E-state index is 12.9. The monoisotopic (exact) mass is 1260 g/mol. The number of hydrogen-bond acceptors (Lipinski definition) is 7. The van der Waals surface area contributed by atoms with Crippen LogP contribution in [0.2, 0.25) is 0 Å². The molecule has 0 aromatic heterocycles. The number of phosphoric acid groups is 1. The number of allylic oxidation sites excluding steroid dienone is 20. The van der Waals surface area contributed by atoms with Crippen LogP contribution in [0, 0.1) is 0 Å². The zero-order chi connectivity index (χ0) is 64.8. The lowest BCUT2D eigenvalue weighted by atomic mass is 10.0. The highest BCUT2D eigenvalue weighted by molar-refractivity contribution is 7.47. The van der Waals surface area contributed by atoms with E-state index in [0.29, 0.717) is 17.4 Å². The van der Waals surface area contributed by atoms with Gasteiger partial charge < -0.3 is 18.9 Å². The number of unbranched alkanes of at least 4 members (excludes halogenated alkanes) is 33. The summed E-state index contributed by atoms with van der Waals surface area (Å²) < 4.78 is 34.7. The van der Waals surface area contributed by atoms with Gasteiger partial charge >= 0.3 is 19.8 Å². The van der Waals surface area contributed by atoms with Crippen LogP contribution in [0.3, 0.4) is 0 Å². The maximum atomic E-state index is 12.9. The maximum Gasteiger partial charge on any atom is 0.472 e. The molecule has 0 saturated heterocycles. The highest BCUT2D eigenvalue weighted by atomic mass is 31.2. The summed E-state index contributed by atoms with van der Waals surface area (Å²) >= 11 is 0. The number of quaternary nitrogens is 1. The smallest absolute Gasteiger partial charge is 0.462 e. The zero-order valence-electron chi connectivity index (χ0n) is 58.4. The molecule has 89 heavy (non-hydrogen) atoms. The van der Waals surface area contributed by atoms with Gasteiger partial charge in [-0.05, 0) is 89.9 Å². The van der Waals surface area contributed by atoms with Crippen molar-refractivity contribution in [2.45, 2.75) is 322 Å². The van der Waals surface area contributed by atoms with Gasteiger partial charge in [0.15, 0.2) is 6.10 Å². The molecule has 10 heteroatoms. The third-order valence-corrected chi connectivity index (χ3v) is 16.7. The number of ether oxygens (including phenoxy) is 2. The standard InChI is InChI=1S/C79H138NO8P/c1-6-8-10-12-14-16-18-20-22-24-26-28-30-32-34-35-36-37-38-39-40-41-42-43-44-45-46-48-50-52-54-56-58-60-62-64-66-68-70-72-79(82)88-77(76-87-89(83,84)86-74-73-80(3,4)5)75-85-78(81)71-69-67-65-63-61-59-57-55-53-51-49-47-33-31-29-27-25-23-21-19-17-15-13-11-9-7-2/h8,10,14,16,20,22,26,28,32,34,36-37,39-40,42-43,45-46,50,52,77H,6-7,9,11-13,15,17-19,21,23-25,27,29-31,33,35,38,41,44,47-49,51,53-76H2,1-5H3/p+1/b10-8-,16-14-,22-20-,28-26-,34-32-,37-36-,40-39-,43-42-,46-45-,52-50-. The van der Waals surface area contributed by atoms with E-state index in [1.165, 1.54) is 173 Å². The van der Waals surface area contributed by atoms with Gasteiger partial charge in [-0.25, -0.2) is 4.57 Å². The largest absolute Gasteiger partial charge is 0.472 e. The lowest BCUT2D eigenvalue weighted by Crippen LogP contribution is -2.37. The molecule has 512 valence electrons. The van der Waals surface area contributed by atoms with Crippen LogP contribution in [0.15, 0.2) is 122 Å². The molecule has 0 aliphatic rings. The molecule has 0 amide bonds. The van der Waals surface area contributed by atoms with Gasteiger partial charge in [0.25, 0.3) is 0 Å². The van der Waals surface area contributed by atoms with Crippen LogP contribution in [-0.2, 0) is 32.7 Å². The molecule has 2 atom stereocenters. The summed E-state index contributed by atoms with van der Waals surface area (Å²) in [6.07, 6.45) is 98.8. The molecular formula is C79H139NO8P+. The fraction of sp³-hybridized carbons (Fsp3) is 0.722. The Balaban J connectivity index is 4.08. The molecule has 0 bridgehead atoms. The number of carbonyl (C=O) groups excluding carboxylic acids is 2. The summed E-state index contributed by atoms with van der Waals surface area (Å²) in [5.41, 5.74) is 0. The van der Waals surface area contributed by atoms with Crippen LogP contribution in [0.5, 0.6) is 0 Å².